The van der Waals surface area contributed by atoms with E-state index < -0.39 is 0 Å². The Morgan fingerprint density at radius 2 is 1.77 bits per heavy atom. The van der Waals surface area contributed by atoms with Crippen LogP contribution in [0.1, 0.15) is 55.4 Å². The number of carbonyl (C=O) groups is 3. The SMILES string of the molecule is Cc1cc(NC(=O)CCC(=O)N(CC(=O)NC2CCCC2)c2ccc(C)c(C)c2)no1. The third-order valence-corrected chi connectivity index (χ3v) is 5.59. The van der Waals surface area contributed by atoms with Crippen molar-refractivity contribution < 1.29 is 18.9 Å². The highest BCUT2D eigenvalue weighted by molar-refractivity contribution is 6.01. The van der Waals surface area contributed by atoms with Crippen molar-refractivity contribution in [3.8, 4) is 0 Å². The van der Waals surface area contributed by atoms with E-state index in [9.17, 15) is 14.4 Å². The monoisotopic (exact) mass is 426 g/mol. The molecule has 3 rings (SSSR count). The number of anilines is 2. The van der Waals surface area contributed by atoms with Crippen molar-refractivity contribution >= 4 is 29.2 Å². The number of hydrogen-bond acceptors (Lipinski definition) is 5. The first-order valence-corrected chi connectivity index (χ1v) is 10.7. The summed E-state index contributed by atoms with van der Waals surface area (Å²) in [5, 5.41) is 9.35. The van der Waals surface area contributed by atoms with Crippen LogP contribution in [0.5, 0.6) is 0 Å². The Morgan fingerprint density at radius 3 is 2.42 bits per heavy atom. The van der Waals surface area contributed by atoms with E-state index in [1.807, 2.05) is 32.0 Å². The van der Waals surface area contributed by atoms with E-state index in [0.29, 0.717) is 17.3 Å². The number of nitrogens with zero attached hydrogens (tertiary/aromatic N) is 2. The Balaban J connectivity index is 1.65. The summed E-state index contributed by atoms with van der Waals surface area (Å²) in [7, 11) is 0. The van der Waals surface area contributed by atoms with Gasteiger partial charge >= 0.3 is 0 Å². The van der Waals surface area contributed by atoms with Crippen molar-refractivity contribution in [3.05, 3.63) is 41.2 Å². The van der Waals surface area contributed by atoms with Gasteiger partial charge in [0.15, 0.2) is 5.82 Å². The molecule has 2 aromatic rings. The number of amides is 3. The van der Waals surface area contributed by atoms with Crippen LogP contribution in [0.4, 0.5) is 11.5 Å². The molecule has 2 N–H and O–H groups in total. The molecular formula is C23H30N4O4. The molecule has 0 unspecified atom stereocenters. The average molecular weight is 427 g/mol. The Morgan fingerprint density at radius 1 is 1.03 bits per heavy atom. The molecule has 0 aliphatic heterocycles. The molecule has 166 valence electrons. The first kappa shape index (κ1) is 22.5. The minimum Gasteiger partial charge on any atom is -0.360 e. The van der Waals surface area contributed by atoms with Crippen LogP contribution in [0.2, 0.25) is 0 Å². The highest BCUT2D eigenvalue weighted by atomic mass is 16.5. The Labute approximate surface area is 182 Å². The zero-order valence-corrected chi connectivity index (χ0v) is 18.4. The van der Waals surface area contributed by atoms with Crippen LogP contribution < -0.4 is 15.5 Å². The zero-order chi connectivity index (χ0) is 22.4. The number of aromatic nitrogens is 1. The maximum Gasteiger partial charge on any atom is 0.240 e. The summed E-state index contributed by atoms with van der Waals surface area (Å²) >= 11 is 0. The van der Waals surface area contributed by atoms with Crippen LogP contribution in [-0.2, 0) is 14.4 Å². The van der Waals surface area contributed by atoms with Crippen molar-refractivity contribution in [2.45, 2.75) is 65.3 Å². The van der Waals surface area contributed by atoms with Crippen LogP contribution in [0.25, 0.3) is 0 Å². The first-order chi connectivity index (χ1) is 14.8. The van der Waals surface area contributed by atoms with E-state index in [-0.39, 0.29) is 43.1 Å². The number of nitrogens with one attached hydrogen (secondary N) is 2. The fourth-order valence-corrected chi connectivity index (χ4v) is 3.69. The Bertz CT molecular complexity index is 947. The van der Waals surface area contributed by atoms with Gasteiger partial charge in [-0.3, -0.25) is 14.4 Å². The molecule has 1 aromatic heterocycles. The van der Waals surface area contributed by atoms with Crippen molar-refractivity contribution in [3.63, 3.8) is 0 Å². The predicted molar refractivity (Wildman–Crippen MR) is 118 cm³/mol. The van der Waals surface area contributed by atoms with E-state index in [1.54, 1.807) is 13.0 Å². The standard InChI is InChI=1S/C23H30N4O4/c1-15-8-9-19(12-16(15)2)27(14-22(29)24-18-6-4-5-7-18)23(30)11-10-21(28)25-20-13-17(3)31-26-20/h8-9,12-13,18H,4-7,10-11,14H2,1-3H3,(H,24,29)(H,25,26,28). The fraction of sp³-hybridized carbons (Fsp3) is 0.478. The Hall–Kier alpha value is -3.16. The van der Waals surface area contributed by atoms with Crippen LogP contribution >= 0.6 is 0 Å². The van der Waals surface area contributed by atoms with Gasteiger partial charge in [-0.05, 0) is 56.9 Å². The molecule has 3 amide bonds. The summed E-state index contributed by atoms with van der Waals surface area (Å²) in [6, 6.07) is 7.45. The molecule has 1 heterocycles. The van der Waals surface area contributed by atoms with E-state index in [4.69, 9.17) is 4.52 Å². The van der Waals surface area contributed by atoms with Gasteiger partial charge in [0.1, 0.15) is 12.3 Å². The minimum atomic E-state index is -0.336. The largest absolute Gasteiger partial charge is 0.360 e. The maximum atomic E-state index is 13.0. The third-order valence-electron chi connectivity index (χ3n) is 5.59. The van der Waals surface area contributed by atoms with E-state index in [0.717, 1.165) is 36.8 Å². The first-order valence-electron chi connectivity index (χ1n) is 10.7. The second kappa shape index (κ2) is 10.2. The molecule has 0 spiro atoms. The molecule has 0 radical (unpaired) electrons. The van der Waals surface area contributed by atoms with Crippen molar-refractivity contribution in [1.29, 1.82) is 0 Å². The lowest BCUT2D eigenvalue weighted by Gasteiger charge is -2.24. The average Bonchev–Trinajstić information content (AvgIpc) is 3.38. The van der Waals surface area contributed by atoms with Gasteiger partial charge in [-0.2, -0.15) is 0 Å². The number of carbonyl (C=O) groups excluding carboxylic acids is 3. The number of benzene rings is 1. The lowest BCUT2D eigenvalue weighted by atomic mass is 10.1. The van der Waals surface area contributed by atoms with Gasteiger partial charge in [-0.1, -0.05) is 24.1 Å². The fourth-order valence-electron chi connectivity index (χ4n) is 3.69. The maximum absolute atomic E-state index is 13.0. The summed E-state index contributed by atoms with van der Waals surface area (Å²) < 4.78 is 4.92. The molecule has 0 atom stereocenters. The van der Waals surface area contributed by atoms with Crippen molar-refractivity contribution in [2.24, 2.45) is 0 Å². The van der Waals surface area contributed by atoms with Gasteiger partial charge in [0.25, 0.3) is 0 Å². The van der Waals surface area contributed by atoms with Gasteiger partial charge in [0.2, 0.25) is 17.7 Å². The summed E-state index contributed by atoms with van der Waals surface area (Å²) in [6.45, 7) is 5.62. The second-order valence-corrected chi connectivity index (χ2v) is 8.17. The highest BCUT2D eigenvalue weighted by Gasteiger charge is 2.23. The topological polar surface area (TPSA) is 105 Å². The summed E-state index contributed by atoms with van der Waals surface area (Å²) in [5.74, 6) is 0.104. The van der Waals surface area contributed by atoms with Crippen LogP contribution in [0.3, 0.4) is 0 Å². The number of hydrogen-bond donors (Lipinski definition) is 2. The smallest absolute Gasteiger partial charge is 0.240 e. The van der Waals surface area contributed by atoms with E-state index in [1.165, 1.54) is 4.90 Å². The van der Waals surface area contributed by atoms with Crippen LogP contribution in [0, 0.1) is 20.8 Å². The molecule has 8 nitrogen and oxygen atoms in total. The van der Waals surface area contributed by atoms with Gasteiger partial charge < -0.3 is 20.1 Å². The molecule has 1 aromatic carbocycles. The summed E-state index contributed by atoms with van der Waals surface area (Å²) in [6.07, 6.45) is 4.15. The number of rotatable bonds is 8. The molecule has 1 aliphatic rings. The summed E-state index contributed by atoms with van der Waals surface area (Å²) in [4.78, 5) is 39.3. The van der Waals surface area contributed by atoms with Gasteiger partial charge in [0, 0.05) is 30.6 Å². The minimum absolute atomic E-state index is 0.0175. The van der Waals surface area contributed by atoms with Gasteiger partial charge in [-0.15, -0.1) is 0 Å². The molecule has 0 saturated heterocycles. The molecule has 1 saturated carbocycles. The predicted octanol–water partition coefficient (Wildman–Crippen LogP) is 3.41. The van der Waals surface area contributed by atoms with Crippen molar-refractivity contribution in [2.75, 3.05) is 16.8 Å². The van der Waals surface area contributed by atoms with Gasteiger partial charge in [0.05, 0.1) is 0 Å². The quantitative estimate of drug-likeness (QED) is 0.673. The molecule has 1 fully saturated rings. The van der Waals surface area contributed by atoms with E-state index >= 15 is 0 Å². The lowest BCUT2D eigenvalue weighted by Crippen LogP contribution is -2.44. The van der Waals surface area contributed by atoms with Gasteiger partial charge in [-0.25, -0.2) is 0 Å². The van der Waals surface area contributed by atoms with E-state index in [2.05, 4.69) is 15.8 Å². The van der Waals surface area contributed by atoms with Crippen molar-refractivity contribution in [1.82, 2.24) is 10.5 Å². The Kier molecular flexibility index (Phi) is 7.44. The normalized spacial score (nSPS) is 13.8. The lowest BCUT2D eigenvalue weighted by molar-refractivity contribution is -0.125. The second-order valence-electron chi connectivity index (χ2n) is 8.17. The number of aryl methyl sites for hydroxylation is 3. The third kappa shape index (κ3) is 6.41. The zero-order valence-electron chi connectivity index (χ0n) is 18.4. The molecular weight excluding hydrogens is 396 g/mol. The summed E-state index contributed by atoms with van der Waals surface area (Å²) in [5.41, 5.74) is 2.79. The molecule has 0 bridgehead atoms. The van der Waals surface area contributed by atoms with Crippen LogP contribution in [0.15, 0.2) is 28.8 Å². The molecule has 31 heavy (non-hydrogen) atoms. The highest BCUT2D eigenvalue weighted by Crippen LogP contribution is 2.21. The van der Waals surface area contributed by atoms with Crippen LogP contribution in [-0.4, -0.2) is 35.5 Å². The molecule has 1 aliphatic carbocycles. The molecule has 8 heteroatoms.